The first-order chi connectivity index (χ1) is 13.1. The molecule has 0 aliphatic rings. The van der Waals surface area contributed by atoms with E-state index in [0.29, 0.717) is 30.2 Å². The zero-order valence-corrected chi connectivity index (χ0v) is 16.7. The van der Waals surface area contributed by atoms with Gasteiger partial charge in [0.2, 0.25) is 0 Å². The summed E-state index contributed by atoms with van der Waals surface area (Å²) in [6, 6.07) is 13.6. The third-order valence-corrected chi connectivity index (χ3v) is 4.50. The van der Waals surface area contributed by atoms with Gasteiger partial charge in [0.05, 0.1) is 13.7 Å². The highest BCUT2D eigenvalue weighted by Gasteiger charge is 2.11. The van der Waals surface area contributed by atoms with Crippen LogP contribution in [0.4, 0.5) is 0 Å². The van der Waals surface area contributed by atoms with E-state index in [-0.39, 0.29) is 5.91 Å². The molecule has 0 spiro atoms. The summed E-state index contributed by atoms with van der Waals surface area (Å²) in [5.41, 5.74) is 2.91. The number of nitrogens with one attached hydrogen (secondary N) is 1. The summed E-state index contributed by atoms with van der Waals surface area (Å²) >= 11 is 0. The minimum absolute atomic E-state index is 0.136. The molecule has 0 aliphatic carbocycles. The minimum Gasteiger partial charge on any atom is -0.493 e. The van der Waals surface area contributed by atoms with Gasteiger partial charge in [-0.05, 0) is 49.3 Å². The molecule has 2 aromatic rings. The maximum atomic E-state index is 12.4. The molecule has 0 aliphatic heterocycles. The average molecular weight is 370 g/mol. The normalized spacial score (nSPS) is 10.7. The highest BCUT2D eigenvalue weighted by atomic mass is 16.5. The lowest BCUT2D eigenvalue weighted by Gasteiger charge is -2.18. The molecule has 146 valence electrons. The first-order valence-electron chi connectivity index (χ1n) is 9.50. The van der Waals surface area contributed by atoms with Gasteiger partial charge >= 0.3 is 0 Å². The van der Waals surface area contributed by atoms with Crippen LogP contribution in [0.5, 0.6) is 11.5 Å². The molecule has 0 saturated heterocycles. The van der Waals surface area contributed by atoms with Gasteiger partial charge in [0.1, 0.15) is 0 Å². The lowest BCUT2D eigenvalue weighted by Crippen LogP contribution is -2.23. The Morgan fingerprint density at radius 3 is 2.22 bits per heavy atom. The van der Waals surface area contributed by atoms with Gasteiger partial charge < -0.3 is 14.8 Å². The van der Waals surface area contributed by atoms with Crippen LogP contribution in [0.2, 0.25) is 0 Å². The van der Waals surface area contributed by atoms with Gasteiger partial charge in [-0.3, -0.25) is 9.69 Å². The molecule has 0 atom stereocenters. The molecular weight excluding hydrogens is 340 g/mol. The van der Waals surface area contributed by atoms with Crippen molar-refractivity contribution in [2.24, 2.45) is 0 Å². The lowest BCUT2D eigenvalue weighted by atomic mass is 10.1. The number of amides is 1. The van der Waals surface area contributed by atoms with E-state index in [9.17, 15) is 4.79 Å². The van der Waals surface area contributed by atoms with Crippen molar-refractivity contribution in [1.82, 2.24) is 10.2 Å². The van der Waals surface area contributed by atoms with Crippen molar-refractivity contribution in [1.29, 1.82) is 0 Å². The number of methoxy groups -OCH3 is 1. The topological polar surface area (TPSA) is 50.8 Å². The zero-order valence-electron chi connectivity index (χ0n) is 16.7. The first kappa shape index (κ1) is 20.8. The monoisotopic (exact) mass is 370 g/mol. The van der Waals surface area contributed by atoms with Crippen molar-refractivity contribution in [2.45, 2.75) is 33.9 Å². The molecule has 0 saturated carbocycles. The number of ether oxygens (including phenoxy) is 2. The number of carbonyl (C=O) groups is 1. The Balaban J connectivity index is 1.95. The second-order valence-corrected chi connectivity index (χ2v) is 6.26. The molecule has 0 aromatic heterocycles. The number of rotatable bonds is 10. The lowest BCUT2D eigenvalue weighted by molar-refractivity contribution is 0.0950. The summed E-state index contributed by atoms with van der Waals surface area (Å²) in [4.78, 5) is 14.8. The van der Waals surface area contributed by atoms with Crippen molar-refractivity contribution in [3.8, 4) is 11.5 Å². The van der Waals surface area contributed by atoms with Gasteiger partial charge in [0, 0.05) is 18.7 Å². The van der Waals surface area contributed by atoms with Gasteiger partial charge in [-0.1, -0.05) is 38.1 Å². The number of hydrogen-bond acceptors (Lipinski definition) is 4. The average Bonchev–Trinajstić information content (AvgIpc) is 2.71. The maximum Gasteiger partial charge on any atom is 0.251 e. The fraction of sp³-hybridized carbons (Fsp3) is 0.409. The van der Waals surface area contributed by atoms with Gasteiger partial charge in [-0.2, -0.15) is 0 Å². The minimum atomic E-state index is -0.136. The fourth-order valence-electron chi connectivity index (χ4n) is 2.84. The highest BCUT2D eigenvalue weighted by Crippen LogP contribution is 2.28. The zero-order chi connectivity index (χ0) is 19.6. The van der Waals surface area contributed by atoms with Gasteiger partial charge in [-0.15, -0.1) is 0 Å². The molecule has 5 heteroatoms. The number of nitrogens with zero attached hydrogens (tertiary/aromatic N) is 1. The van der Waals surface area contributed by atoms with Crippen molar-refractivity contribution in [3.63, 3.8) is 0 Å². The van der Waals surface area contributed by atoms with Crippen LogP contribution in [0.1, 0.15) is 42.3 Å². The molecule has 1 N–H and O–H groups in total. The van der Waals surface area contributed by atoms with Crippen LogP contribution in [-0.2, 0) is 13.1 Å². The number of benzene rings is 2. The van der Waals surface area contributed by atoms with Crippen molar-refractivity contribution < 1.29 is 14.3 Å². The molecule has 1 amide bonds. The van der Waals surface area contributed by atoms with Crippen LogP contribution >= 0.6 is 0 Å². The summed E-state index contributed by atoms with van der Waals surface area (Å²) in [7, 11) is 1.57. The van der Waals surface area contributed by atoms with Crippen LogP contribution in [0, 0.1) is 0 Å². The van der Waals surface area contributed by atoms with Crippen molar-refractivity contribution >= 4 is 5.91 Å². The molecule has 2 rings (SSSR count). The molecule has 0 bridgehead atoms. The Labute approximate surface area is 162 Å². The quantitative estimate of drug-likeness (QED) is 0.690. The van der Waals surface area contributed by atoms with Gasteiger partial charge in [-0.25, -0.2) is 0 Å². The Morgan fingerprint density at radius 2 is 1.63 bits per heavy atom. The maximum absolute atomic E-state index is 12.4. The smallest absolute Gasteiger partial charge is 0.251 e. The third-order valence-electron chi connectivity index (χ3n) is 4.50. The summed E-state index contributed by atoms with van der Waals surface area (Å²) in [6.45, 7) is 10.3. The summed E-state index contributed by atoms with van der Waals surface area (Å²) < 4.78 is 10.8. The van der Waals surface area contributed by atoms with Crippen molar-refractivity contribution in [2.75, 3.05) is 26.8 Å². The Bertz CT molecular complexity index is 725. The molecular formula is C22H30N2O3. The van der Waals surface area contributed by atoms with Crippen LogP contribution in [0.25, 0.3) is 0 Å². The summed E-state index contributed by atoms with van der Waals surface area (Å²) in [5, 5.41) is 2.95. The number of carbonyl (C=O) groups excluding carboxylic acids is 1. The molecule has 0 unspecified atom stereocenters. The molecule has 0 fully saturated rings. The second-order valence-electron chi connectivity index (χ2n) is 6.26. The van der Waals surface area contributed by atoms with E-state index >= 15 is 0 Å². The summed E-state index contributed by atoms with van der Waals surface area (Å²) in [6.07, 6.45) is 0. The Kier molecular flexibility index (Phi) is 8.14. The SMILES string of the molecule is CCOc1ccc(C(=O)NCc2ccc(CN(CC)CC)cc2)cc1OC. The van der Waals surface area contributed by atoms with Gasteiger partial charge in [0.15, 0.2) is 11.5 Å². The Morgan fingerprint density at radius 1 is 0.963 bits per heavy atom. The van der Waals surface area contributed by atoms with E-state index < -0.39 is 0 Å². The fourth-order valence-corrected chi connectivity index (χ4v) is 2.84. The number of hydrogen-bond donors (Lipinski definition) is 1. The van der Waals surface area contributed by atoms with E-state index in [1.54, 1.807) is 25.3 Å². The van der Waals surface area contributed by atoms with Crippen LogP contribution in [-0.4, -0.2) is 37.6 Å². The predicted molar refractivity (Wildman–Crippen MR) is 108 cm³/mol. The standard InChI is InChI=1S/C22H30N2O3/c1-5-24(6-2)16-18-10-8-17(9-11-18)15-23-22(25)19-12-13-20(27-7-3)21(14-19)26-4/h8-14H,5-7,15-16H2,1-4H3,(H,23,25). The molecule has 27 heavy (non-hydrogen) atoms. The molecule has 0 radical (unpaired) electrons. The Hall–Kier alpha value is -2.53. The van der Waals surface area contributed by atoms with Crippen LogP contribution in [0.15, 0.2) is 42.5 Å². The van der Waals surface area contributed by atoms with Crippen LogP contribution < -0.4 is 14.8 Å². The van der Waals surface area contributed by atoms with Crippen molar-refractivity contribution in [3.05, 3.63) is 59.2 Å². The first-order valence-corrected chi connectivity index (χ1v) is 9.50. The van der Waals surface area contributed by atoms with E-state index in [1.165, 1.54) is 5.56 Å². The largest absolute Gasteiger partial charge is 0.493 e. The van der Waals surface area contributed by atoms with E-state index in [4.69, 9.17) is 9.47 Å². The van der Waals surface area contributed by atoms with Gasteiger partial charge in [0.25, 0.3) is 5.91 Å². The molecule has 5 nitrogen and oxygen atoms in total. The van der Waals surface area contributed by atoms with Crippen LogP contribution in [0.3, 0.4) is 0 Å². The summed E-state index contributed by atoms with van der Waals surface area (Å²) in [5.74, 6) is 1.06. The highest BCUT2D eigenvalue weighted by molar-refractivity contribution is 5.94. The van der Waals surface area contributed by atoms with E-state index in [1.807, 2.05) is 6.92 Å². The third kappa shape index (κ3) is 6.00. The van der Waals surface area contributed by atoms with E-state index in [2.05, 4.69) is 48.3 Å². The molecule has 2 aromatic carbocycles. The molecule has 0 heterocycles. The predicted octanol–water partition coefficient (Wildman–Crippen LogP) is 3.87. The second kappa shape index (κ2) is 10.6. The van der Waals surface area contributed by atoms with E-state index in [0.717, 1.165) is 25.2 Å².